The number of anilines is 1. The fraction of sp³-hybridized carbons (Fsp3) is 0.643. The molecule has 0 amide bonds. The zero-order chi connectivity index (χ0) is 14.7. The predicted molar refractivity (Wildman–Crippen MR) is 80.6 cm³/mol. The molecule has 1 aromatic heterocycles. The van der Waals surface area contributed by atoms with E-state index in [1.54, 1.807) is 12.4 Å². The first-order valence-electron chi connectivity index (χ1n) is 7.57. The van der Waals surface area contributed by atoms with Crippen LogP contribution in [0.2, 0.25) is 0 Å². The van der Waals surface area contributed by atoms with Crippen LogP contribution in [0.4, 0.5) is 5.82 Å². The quantitative estimate of drug-likeness (QED) is 0.367. The maximum atomic E-state index is 8.87. The molecule has 0 aromatic carbocycles. The van der Waals surface area contributed by atoms with Gasteiger partial charge in [0.15, 0.2) is 17.3 Å². The SMILES string of the molecule is NC(=NO)c1nccnc1N1CCN(C2CCCC2)CC1. The minimum absolute atomic E-state index is 0.0105. The maximum Gasteiger partial charge on any atom is 0.192 e. The highest BCUT2D eigenvalue weighted by Gasteiger charge is 2.27. The molecular formula is C14H22N6O. The fourth-order valence-corrected chi connectivity index (χ4v) is 3.36. The van der Waals surface area contributed by atoms with Crippen LogP contribution in [0, 0.1) is 0 Å². The molecule has 7 nitrogen and oxygen atoms in total. The summed E-state index contributed by atoms with van der Waals surface area (Å²) in [6.07, 6.45) is 8.60. The maximum absolute atomic E-state index is 8.87. The van der Waals surface area contributed by atoms with Crippen molar-refractivity contribution in [2.24, 2.45) is 10.9 Å². The van der Waals surface area contributed by atoms with E-state index in [9.17, 15) is 0 Å². The van der Waals surface area contributed by atoms with E-state index >= 15 is 0 Å². The summed E-state index contributed by atoms with van der Waals surface area (Å²) in [4.78, 5) is 13.3. The second kappa shape index (κ2) is 6.26. The molecule has 2 heterocycles. The summed E-state index contributed by atoms with van der Waals surface area (Å²) in [5, 5.41) is 11.9. The van der Waals surface area contributed by atoms with Crippen molar-refractivity contribution in [3.05, 3.63) is 18.1 Å². The lowest BCUT2D eigenvalue weighted by Crippen LogP contribution is -2.50. The van der Waals surface area contributed by atoms with Crippen molar-refractivity contribution in [1.29, 1.82) is 0 Å². The molecule has 21 heavy (non-hydrogen) atoms. The van der Waals surface area contributed by atoms with E-state index < -0.39 is 0 Å². The average molecular weight is 290 g/mol. The highest BCUT2D eigenvalue weighted by molar-refractivity contribution is 5.99. The summed E-state index contributed by atoms with van der Waals surface area (Å²) in [7, 11) is 0. The Morgan fingerprint density at radius 2 is 1.81 bits per heavy atom. The second-order valence-corrected chi connectivity index (χ2v) is 5.68. The van der Waals surface area contributed by atoms with Crippen LogP contribution in [0.3, 0.4) is 0 Å². The number of aromatic nitrogens is 2. The Hall–Kier alpha value is -1.89. The Labute approximate surface area is 124 Å². The van der Waals surface area contributed by atoms with Gasteiger partial charge in [0.2, 0.25) is 0 Å². The van der Waals surface area contributed by atoms with Gasteiger partial charge >= 0.3 is 0 Å². The molecule has 1 aromatic rings. The largest absolute Gasteiger partial charge is 0.409 e. The second-order valence-electron chi connectivity index (χ2n) is 5.68. The number of hydrogen-bond donors (Lipinski definition) is 2. The molecule has 1 aliphatic heterocycles. The van der Waals surface area contributed by atoms with Crippen molar-refractivity contribution in [3.8, 4) is 0 Å². The number of piperazine rings is 1. The fourth-order valence-electron chi connectivity index (χ4n) is 3.36. The average Bonchev–Trinajstić information content (AvgIpc) is 3.09. The number of hydrogen-bond acceptors (Lipinski definition) is 6. The Morgan fingerprint density at radius 3 is 2.48 bits per heavy atom. The van der Waals surface area contributed by atoms with E-state index in [0.717, 1.165) is 32.2 Å². The Balaban J connectivity index is 1.69. The van der Waals surface area contributed by atoms with E-state index in [2.05, 4.69) is 24.9 Å². The molecule has 0 bridgehead atoms. The molecule has 0 radical (unpaired) electrons. The number of oxime groups is 1. The van der Waals surface area contributed by atoms with Crippen molar-refractivity contribution < 1.29 is 5.21 Å². The van der Waals surface area contributed by atoms with E-state index in [4.69, 9.17) is 10.9 Å². The molecule has 1 saturated heterocycles. The third-order valence-electron chi connectivity index (χ3n) is 4.48. The number of rotatable bonds is 3. The van der Waals surface area contributed by atoms with Gasteiger partial charge in [-0.1, -0.05) is 18.0 Å². The number of nitrogens with zero attached hydrogens (tertiary/aromatic N) is 5. The van der Waals surface area contributed by atoms with Crippen molar-refractivity contribution in [3.63, 3.8) is 0 Å². The molecule has 0 unspecified atom stereocenters. The van der Waals surface area contributed by atoms with Gasteiger partial charge in [-0.15, -0.1) is 0 Å². The summed E-state index contributed by atoms with van der Waals surface area (Å²) < 4.78 is 0. The third-order valence-corrected chi connectivity index (χ3v) is 4.48. The molecule has 7 heteroatoms. The summed E-state index contributed by atoms with van der Waals surface area (Å²) in [6.45, 7) is 3.88. The van der Waals surface area contributed by atoms with E-state index in [1.807, 2.05) is 0 Å². The molecule has 2 fully saturated rings. The summed E-state index contributed by atoms with van der Waals surface area (Å²) in [5.41, 5.74) is 6.14. The van der Waals surface area contributed by atoms with Gasteiger partial charge in [-0.3, -0.25) is 4.90 Å². The van der Waals surface area contributed by atoms with Crippen LogP contribution in [-0.4, -0.2) is 58.1 Å². The van der Waals surface area contributed by atoms with Crippen LogP contribution in [0.15, 0.2) is 17.5 Å². The van der Waals surface area contributed by atoms with Crippen LogP contribution in [0.5, 0.6) is 0 Å². The molecule has 0 atom stereocenters. The topological polar surface area (TPSA) is 90.9 Å². The van der Waals surface area contributed by atoms with E-state index in [-0.39, 0.29) is 5.84 Å². The van der Waals surface area contributed by atoms with Crippen LogP contribution in [0.1, 0.15) is 31.4 Å². The standard InChI is InChI=1S/C14H22N6O/c15-13(18-21)12-14(17-6-5-16-12)20-9-7-19(8-10-20)11-3-1-2-4-11/h5-6,11,21H,1-4,7-10H2,(H2,15,18). The number of amidine groups is 1. The van der Waals surface area contributed by atoms with Gasteiger partial charge in [0, 0.05) is 44.6 Å². The third kappa shape index (κ3) is 2.92. The lowest BCUT2D eigenvalue weighted by atomic mass is 10.1. The highest BCUT2D eigenvalue weighted by Crippen LogP contribution is 2.25. The molecule has 1 aliphatic carbocycles. The van der Waals surface area contributed by atoms with Gasteiger partial charge in [-0.05, 0) is 12.8 Å². The Morgan fingerprint density at radius 1 is 1.14 bits per heavy atom. The van der Waals surface area contributed by atoms with Gasteiger partial charge in [-0.25, -0.2) is 9.97 Å². The zero-order valence-corrected chi connectivity index (χ0v) is 12.1. The minimum atomic E-state index is 0.0105. The van der Waals surface area contributed by atoms with Crippen LogP contribution < -0.4 is 10.6 Å². The smallest absolute Gasteiger partial charge is 0.192 e. The molecule has 0 spiro atoms. The minimum Gasteiger partial charge on any atom is -0.409 e. The Kier molecular flexibility index (Phi) is 4.19. The number of nitrogens with two attached hydrogens (primary N) is 1. The van der Waals surface area contributed by atoms with Crippen LogP contribution in [0.25, 0.3) is 0 Å². The summed E-state index contributed by atoms with van der Waals surface area (Å²) in [6, 6.07) is 0.762. The molecule has 1 saturated carbocycles. The van der Waals surface area contributed by atoms with Crippen molar-refractivity contribution in [2.75, 3.05) is 31.1 Å². The van der Waals surface area contributed by atoms with Gasteiger partial charge in [0.1, 0.15) is 0 Å². The van der Waals surface area contributed by atoms with Gasteiger partial charge in [0.05, 0.1) is 0 Å². The van der Waals surface area contributed by atoms with Gasteiger partial charge < -0.3 is 15.8 Å². The van der Waals surface area contributed by atoms with E-state index in [1.165, 1.54) is 25.7 Å². The van der Waals surface area contributed by atoms with E-state index in [0.29, 0.717) is 11.5 Å². The zero-order valence-electron chi connectivity index (χ0n) is 12.1. The molecule has 114 valence electrons. The summed E-state index contributed by atoms with van der Waals surface area (Å²) >= 11 is 0. The molecular weight excluding hydrogens is 268 g/mol. The lowest BCUT2D eigenvalue weighted by Gasteiger charge is -2.38. The summed E-state index contributed by atoms with van der Waals surface area (Å²) in [5.74, 6) is 0.718. The van der Waals surface area contributed by atoms with Gasteiger partial charge in [-0.2, -0.15) is 0 Å². The first-order valence-corrected chi connectivity index (χ1v) is 7.57. The monoisotopic (exact) mass is 290 g/mol. The van der Waals surface area contributed by atoms with Crippen LogP contribution in [-0.2, 0) is 0 Å². The first kappa shape index (κ1) is 14.1. The first-order chi connectivity index (χ1) is 10.3. The van der Waals surface area contributed by atoms with Crippen molar-refractivity contribution in [1.82, 2.24) is 14.9 Å². The molecule has 3 N–H and O–H groups in total. The van der Waals surface area contributed by atoms with Gasteiger partial charge in [0.25, 0.3) is 0 Å². The van der Waals surface area contributed by atoms with Crippen LogP contribution >= 0.6 is 0 Å². The lowest BCUT2D eigenvalue weighted by molar-refractivity contribution is 0.187. The molecule has 3 rings (SSSR count). The predicted octanol–water partition coefficient (Wildman–Crippen LogP) is 0.636. The Bertz CT molecular complexity index is 506. The van der Waals surface area contributed by atoms with Crippen molar-refractivity contribution in [2.45, 2.75) is 31.7 Å². The normalized spacial score (nSPS) is 21.9. The molecule has 2 aliphatic rings. The highest BCUT2D eigenvalue weighted by atomic mass is 16.4. The van der Waals surface area contributed by atoms with Crippen molar-refractivity contribution >= 4 is 11.7 Å².